The smallest absolute Gasteiger partial charge is 0.212 e. The highest BCUT2D eigenvalue weighted by Crippen LogP contribution is 2.19. The highest BCUT2D eigenvalue weighted by molar-refractivity contribution is 7.89. The molecule has 0 fully saturated rings. The van der Waals surface area contributed by atoms with Gasteiger partial charge in [-0.2, -0.15) is 0 Å². The van der Waals surface area contributed by atoms with Crippen molar-refractivity contribution in [2.24, 2.45) is 0 Å². The van der Waals surface area contributed by atoms with Crippen molar-refractivity contribution < 1.29 is 13.2 Å². The van der Waals surface area contributed by atoms with Crippen molar-refractivity contribution in [2.45, 2.75) is 25.4 Å². The van der Waals surface area contributed by atoms with Crippen LogP contribution in [0.4, 0.5) is 0 Å². The molecule has 0 aliphatic rings. The van der Waals surface area contributed by atoms with Crippen molar-refractivity contribution >= 4 is 9.84 Å². The van der Waals surface area contributed by atoms with Gasteiger partial charge < -0.3 is 4.74 Å². The summed E-state index contributed by atoms with van der Waals surface area (Å²) in [7, 11) is -1.71. The second-order valence-electron chi connectivity index (χ2n) is 5.11. The quantitative estimate of drug-likeness (QED) is 0.852. The van der Waals surface area contributed by atoms with Crippen molar-refractivity contribution in [2.75, 3.05) is 7.11 Å². The Labute approximate surface area is 125 Å². The molecule has 0 radical (unpaired) electrons. The maximum absolute atomic E-state index is 12.4. The van der Waals surface area contributed by atoms with Gasteiger partial charge >= 0.3 is 0 Å². The fourth-order valence-electron chi connectivity index (χ4n) is 2.22. The molecule has 0 saturated carbocycles. The molecular formula is C16H19NO3S. The summed E-state index contributed by atoms with van der Waals surface area (Å²) < 4.78 is 29.7. The van der Waals surface area contributed by atoms with Crippen molar-refractivity contribution in [3.8, 4) is 5.88 Å². The van der Waals surface area contributed by atoms with Gasteiger partial charge in [-0.3, -0.25) is 0 Å². The van der Waals surface area contributed by atoms with Gasteiger partial charge in [0, 0.05) is 12.3 Å². The van der Waals surface area contributed by atoms with E-state index in [1.54, 1.807) is 18.3 Å². The van der Waals surface area contributed by atoms with Gasteiger partial charge in [-0.15, -0.1) is 0 Å². The molecule has 0 atom stereocenters. The van der Waals surface area contributed by atoms with Crippen LogP contribution in [-0.2, 0) is 21.3 Å². The van der Waals surface area contributed by atoms with E-state index in [0.29, 0.717) is 11.4 Å². The Hall–Kier alpha value is -1.88. The predicted octanol–water partition coefficient (Wildman–Crippen LogP) is 2.82. The lowest BCUT2D eigenvalue weighted by Crippen LogP contribution is -2.10. The molecule has 1 aromatic carbocycles. The molecule has 2 aromatic rings. The molecular weight excluding hydrogens is 286 g/mol. The van der Waals surface area contributed by atoms with Crippen molar-refractivity contribution in [1.29, 1.82) is 0 Å². The molecule has 0 bridgehead atoms. The van der Waals surface area contributed by atoms with Crippen LogP contribution >= 0.6 is 0 Å². The van der Waals surface area contributed by atoms with Gasteiger partial charge in [0.2, 0.25) is 5.88 Å². The summed E-state index contributed by atoms with van der Waals surface area (Å²) in [6.45, 7) is 3.87. The molecule has 1 aromatic heterocycles. The lowest BCUT2D eigenvalue weighted by Gasteiger charge is -2.10. The Kier molecular flexibility index (Phi) is 4.63. The topological polar surface area (TPSA) is 56.3 Å². The molecule has 112 valence electrons. The van der Waals surface area contributed by atoms with E-state index in [1.165, 1.54) is 7.11 Å². The summed E-state index contributed by atoms with van der Waals surface area (Å²) >= 11 is 0. The first-order valence-corrected chi connectivity index (χ1v) is 8.48. The largest absolute Gasteiger partial charge is 0.481 e. The first kappa shape index (κ1) is 15.5. The van der Waals surface area contributed by atoms with Crippen molar-refractivity contribution in [3.05, 3.63) is 58.8 Å². The Morgan fingerprint density at radius 2 is 1.71 bits per heavy atom. The number of rotatable bonds is 5. The number of sulfone groups is 1. The molecule has 0 N–H and O–H groups in total. The molecule has 0 unspecified atom stereocenters. The fraction of sp³-hybridized carbons (Fsp3) is 0.312. The van der Waals surface area contributed by atoms with Crippen LogP contribution in [0.2, 0.25) is 0 Å². The average Bonchev–Trinajstić information content (AvgIpc) is 2.43. The maximum Gasteiger partial charge on any atom is 0.212 e. The van der Waals surface area contributed by atoms with Crippen LogP contribution in [0.3, 0.4) is 0 Å². The third-order valence-corrected chi connectivity index (χ3v) is 4.90. The highest BCUT2D eigenvalue weighted by atomic mass is 32.2. The van der Waals surface area contributed by atoms with Crippen LogP contribution in [0.5, 0.6) is 5.88 Å². The zero-order valence-corrected chi connectivity index (χ0v) is 13.3. The zero-order chi connectivity index (χ0) is 15.5. The molecule has 1 heterocycles. The number of ether oxygens (including phenoxy) is 1. The van der Waals surface area contributed by atoms with E-state index in [2.05, 4.69) is 4.98 Å². The van der Waals surface area contributed by atoms with Crippen LogP contribution in [0, 0.1) is 13.8 Å². The van der Waals surface area contributed by atoms with Crippen molar-refractivity contribution in [3.63, 3.8) is 0 Å². The Balaban J connectivity index is 2.18. The summed E-state index contributed by atoms with van der Waals surface area (Å²) in [5, 5.41) is 0. The van der Waals surface area contributed by atoms with Crippen LogP contribution < -0.4 is 4.74 Å². The minimum atomic E-state index is -3.23. The lowest BCUT2D eigenvalue weighted by molar-refractivity contribution is 0.397. The number of hydrogen-bond acceptors (Lipinski definition) is 4. The summed E-state index contributed by atoms with van der Waals surface area (Å²) in [5.74, 6) is 0.515. The molecule has 21 heavy (non-hydrogen) atoms. The monoisotopic (exact) mass is 305 g/mol. The highest BCUT2D eigenvalue weighted by Gasteiger charge is 2.16. The van der Waals surface area contributed by atoms with Crippen LogP contribution in [0.1, 0.15) is 22.3 Å². The number of nitrogens with zero attached hydrogens (tertiary/aromatic N) is 1. The van der Waals surface area contributed by atoms with E-state index >= 15 is 0 Å². The second-order valence-corrected chi connectivity index (χ2v) is 7.18. The number of methoxy groups -OCH3 is 1. The fourth-order valence-corrected chi connectivity index (χ4v) is 3.89. The summed E-state index contributed by atoms with van der Waals surface area (Å²) in [6.07, 6.45) is 1.54. The number of pyridine rings is 1. The van der Waals surface area contributed by atoms with Gasteiger partial charge in [0.25, 0.3) is 0 Å². The molecule has 0 amide bonds. The third-order valence-electron chi connectivity index (χ3n) is 3.40. The SMILES string of the molecule is COc1ccc(CS(=O)(=O)Cc2c(C)cccc2C)cn1. The molecule has 2 rings (SSSR count). The number of aryl methyl sites for hydroxylation is 2. The summed E-state index contributed by atoms with van der Waals surface area (Å²) in [6, 6.07) is 9.21. The van der Waals surface area contributed by atoms with Gasteiger partial charge in [0.1, 0.15) is 0 Å². The minimum absolute atomic E-state index is 0.0161. The molecule has 0 aliphatic heterocycles. The average molecular weight is 305 g/mol. The molecule has 0 saturated heterocycles. The van der Waals surface area contributed by atoms with E-state index in [-0.39, 0.29) is 11.5 Å². The normalized spacial score (nSPS) is 11.4. The van der Waals surface area contributed by atoms with Gasteiger partial charge in [-0.1, -0.05) is 24.3 Å². The van der Waals surface area contributed by atoms with Gasteiger partial charge in [0.05, 0.1) is 18.6 Å². The molecule has 0 spiro atoms. The van der Waals surface area contributed by atoms with Crippen molar-refractivity contribution in [1.82, 2.24) is 4.98 Å². The van der Waals surface area contributed by atoms with E-state index < -0.39 is 9.84 Å². The van der Waals surface area contributed by atoms with Crippen LogP contribution in [0.25, 0.3) is 0 Å². The summed E-state index contributed by atoms with van der Waals surface area (Å²) in [5.41, 5.74) is 3.57. The first-order chi connectivity index (χ1) is 9.91. The number of aromatic nitrogens is 1. The van der Waals surface area contributed by atoms with Crippen LogP contribution in [-0.4, -0.2) is 20.5 Å². The maximum atomic E-state index is 12.4. The number of hydrogen-bond donors (Lipinski definition) is 0. The third kappa shape index (κ3) is 4.04. The van der Waals surface area contributed by atoms with Gasteiger partial charge in [-0.25, -0.2) is 13.4 Å². The van der Waals surface area contributed by atoms with Crippen LogP contribution in [0.15, 0.2) is 36.5 Å². The predicted molar refractivity (Wildman–Crippen MR) is 83.0 cm³/mol. The lowest BCUT2D eigenvalue weighted by atomic mass is 10.1. The molecule has 5 heteroatoms. The zero-order valence-electron chi connectivity index (χ0n) is 12.5. The molecule has 0 aliphatic carbocycles. The van der Waals surface area contributed by atoms with E-state index in [9.17, 15) is 8.42 Å². The molecule has 4 nitrogen and oxygen atoms in total. The van der Waals surface area contributed by atoms with E-state index in [1.807, 2.05) is 32.0 Å². The second kappa shape index (κ2) is 6.26. The minimum Gasteiger partial charge on any atom is -0.481 e. The Bertz CT molecular complexity index is 701. The standard InChI is InChI=1S/C16H19NO3S/c1-12-5-4-6-13(2)15(12)11-21(18,19)10-14-7-8-16(20-3)17-9-14/h4-9H,10-11H2,1-3H3. The number of benzene rings is 1. The summed E-state index contributed by atoms with van der Waals surface area (Å²) in [4.78, 5) is 4.04. The van der Waals surface area contributed by atoms with E-state index in [0.717, 1.165) is 16.7 Å². The Morgan fingerprint density at radius 3 is 2.24 bits per heavy atom. The van der Waals surface area contributed by atoms with Gasteiger partial charge in [-0.05, 0) is 36.1 Å². The van der Waals surface area contributed by atoms with Gasteiger partial charge in [0.15, 0.2) is 9.84 Å². The first-order valence-electron chi connectivity index (χ1n) is 6.66. The Morgan fingerprint density at radius 1 is 1.05 bits per heavy atom. The van der Waals surface area contributed by atoms with E-state index in [4.69, 9.17) is 4.74 Å².